The van der Waals surface area contributed by atoms with Crippen LogP contribution in [0.3, 0.4) is 0 Å². The lowest BCUT2D eigenvalue weighted by atomic mass is 9.74. The van der Waals surface area contributed by atoms with Gasteiger partial charge in [-0.3, -0.25) is 19.2 Å². The maximum atomic E-state index is 14.5. The summed E-state index contributed by atoms with van der Waals surface area (Å²) in [6.45, 7) is 4.33. The second kappa shape index (κ2) is 12.8. The van der Waals surface area contributed by atoms with Gasteiger partial charge in [-0.2, -0.15) is 0 Å². The predicted octanol–water partition coefficient (Wildman–Crippen LogP) is 2.29. The Balaban J connectivity index is 1.55. The minimum Gasteiger partial charge on any atom is -0.463 e. The fourth-order valence-corrected chi connectivity index (χ4v) is 6.88. The molecule has 42 heavy (non-hydrogen) atoms. The van der Waals surface area contributed by atoms with Crippen molar-refractivity contribution in [3.63, 3.8) is 0 Å². The summed E-state index contributed by atoms with van der Waals surface area (Å²) in [4.78, 5) is 58.4. The largest absolute Gasteiger partial charge is 0.463 e. The third-order valence-corrected chi connectivity index (χ3v) is 8.90. The van der Waals surface area contributed by atoms with E-state index in [0.29, 0.717) is 19.4 Å². The van der Waals surface area contributed by atoms with Crippen LogP contribution in [0.15, 0.2) is 54.6 Å². The fraction of sp³-hybridized carbons (Fsp3) is 0.562. The summed E-state index contributed by atoms with van der Waals surface area (Å²) in [5.41, 5.74) is -0.519. The average molecular weight is 580 g/mol. The van der Waals surface area contributed by atoms with Crippen LogP contribution < -0.4 is 5.32 Å². The monoisotopic (exact) mass is 579 g/mol. The molecule has 1 aromatic carbocycles. The molecule has 0 aromatic heterocycles. The van der Waals surface area contributed by atoms with Gasteiger partial charge in [-0.1, -0.05) is 68.0 Å². The van der Waals surface area contributed by atoms with E-state index in [2.05, 4.69) is 12.2 Å². The maximum absolute atomic E-state index is 14.5. The van der Waals surface area contributed by atoms with Crippen molar-refractivity contribution in [2.24, 2.45) is 11.8 Å². The normalized spacial score (nSPS) is 33.0. The van der Waals surface area contributed by atoms with Crippen molar-refractivity contribution in [2.45, 2.75) is 75.8 Å². The highest BCUT2D eigenvalue weighted by atomic mass is 16.5. The molecule has 0 saturated carbocycles. The Bertz CT molecular complexity index is 1230. The van der Waals surface area contributed by atoms with E-state index in [1.54, 1.807) is 17.1 Å². The van der Waals surface area contributed by atoms with Gasteiger partial charge in [-0.05, 0) is 31.7 Å². The molecule has 1 aromatic rings. The summed E-state index contributed by atoms with van der Waals surface area (Å²) >= 11 is 0. The number of benzene rings is 1. The summed E-state index contributed by atoms with van der Waals surface area (Å²) in [5, 5.41) is 12.6. The molecule has 4 aliphatic heterocycles. The van der Waals surface area contributed by atoms with Crippen LogP contribution in [-0.4, -0.2) is 88.7 Å². The lowest BCUT2D eigenvalue weighted by Gasteiger charge is -2.38. The zero-order valence-corrected chi connectivity index (χ0v) is 24.3. The molecule has 2 N–H and O–H groups in total. The van der Waals surface area contributed by atoms with Crippen LogP contribution in [-0.2, 0) is 28.7 Å². The molecule has 5 rings (SSSR count). The van der Waals surface area contributed by atoms with Gasteiger partial charge in [0.1, 0.15) is 18.2 Å². The number of cyclic esters (lactones) is 1. The van der Waals surface area contributed by atoms with Crippen LogP contribution in [0.4, 0.5) is 0 Å². The molecule has 10 heteroatoms. The minimum atomic E-state index is -1.28. The highest BCUT2D eigenvalue weighted by molar-refractivity contribution is 6.00. The van der Waals surface area contributed by atoms with E-state index >= 15 is 0 Å². The zero-order valence-electron chi connectivity index (χ0n) is 24.3. The topological polar surface area (TPSA) is 125 Å². The summed E-state index contributed by atoms with van der Waals surface area (Å²) < 4.78 is 12.1. The molecule has 1 unspecified atom stereocenters. The lowest BCUT2D eigenvalue weighted by Crippen LogP contribution is -2.57. The lowest BCUT2D eigenvalue weighted by molar-refractivity contribution is -0.149. The minimum absolute atomic E-state index is 0.0534. The van der Waals surface area contributed by atoms with Gasteiger partial charge in [-0.25, -0.2) is 0 Å². The third kappa shape index (κ3) is 5.49. The van der Waals surface area contributed by atoms with Crippen LogP contribution in [0.25, 0.3) is 0 Å². The van der Waals surface area contributed by atoms with E-state index in [1.165, 1.54) is 4.90 Å². The molecule has 226 valence electrons. The number of nitrogens with one attached hydrogen (secondary N) is 1. The van der Waals surface area contributed by atoms with Crippen LogP contribution in [0, 0.1) is 11.8 Å². The second-order valence-electron chi connectivity index (χ2n) is 11.6. The quantitative estimate of drug-likeness (QED) is 0.375. The van der Waals surface area contributed by atoms with Crippen LogP contribution >= 0.6 is 0 Å². The molecule has 1 spiro atoms. The molecule has 2 saturated heterocycles. The molecule has 0 aliphatic carbocycles. The Labute approximate surface area is 246 Å². The number of carbonyl (C=O) groups is 4. The van der Waals surface area contributed by atoms with Gasteiger partial charge >= 0.3 is 5.97 Å². The first-order valence-electron chi connectivity index (χ1n) is 15.1. The zero-order chi connectivity index (χ0) is 29.9. The Morgan fingerprint density at radius 3 is 2.64 bits per heavy atom. The molecule has 7 atom stereocenters. The van der Waals surface area contributed by atoms with E-state index in [0.717, 1.165) is 18.4 Å². The molecule has 2 fully saturated rings. The van der Waals surface area contributed by atoms with Crippen molar-refractivity contribution in [3.8, 4) is 0 Å². The van der Waals surface area contributed by atoms with E-state index in [4.69, 9.17) is 9.47 Å². The van der Waals surface area contributed by atoms with Gasteiger partial charge in [0.15, 0.2) is 0 Å². The van der Waals surface area contributed by atoms with E-state index < -0.39 is 41.5 Å². The highest BCUT2D eigenvalue weighted by Crippen LogP contribution is 2.55. The second-order valence-corrected chi connectivity index (χ2v) is 11.6. The summed E-state index contributed by atoms with van der Waals surface area (Å²) in [7, 11) is 0. The number of aliphatic hydroxyl groups excluding tert-OH is 1. The maximum Gasteiger partial charge on any atom is 0.306 e. The molecule has 0 radical (unpaired) electrons. The fourth-order valence-electron chi connectivity index (χ4n) is 6.88. The molecule has 3 amide bonds. The summed E-state index contributed by atoms with van der Waals surface area (Å²) in [5.74, 6) is -3.11. The highest BCUT2D eigenvalue weighted by Gasteiger charge is 2.73. The van der Waals surface area contributed by atoms with Crippen molar-refractivity contribution < 1.29 is 33.8 Å². The van der Waals surface area contributed by atoms with Crippen molar-refractivity contribution >= 4 is 23.7 Å². The number of aliphatic hydroxyl groups is 1. The number of rotatable bonds is 7. The molecular formula is C32H41N3O7. The number of nitrogens with zero attached hydrogens (tertiary/aromatic N) is 2. The van der Waals surface area contributed by atoms with Crippen LogP contribution in [0.2, 0.25) is 0 Å². The van der Waals surface area contributed by atoms with E-state index in [9.17, 15) is 24.3 Å². The predicted molar refractivity (Wildman–Crippen MR) is 154 cm³/mol. The Hall–Kier alpha value is -3.50. The number of likely N-dealkylation sites (tertiary alicyclic amines) is 1. The van der Waals surface area contributed by atoms with E-state index in [1.807, 2.05) is 49.4 Å². The Morgan fingerprint density at radius 2 is 1.90 bits per heavy atom. The Kier molecular flexibility index (Phi) is 9.13. The average Bonchev–Trinajstić information content (AvgIpc) is 3.63. The Morgan fingerprint density at radius 1 is 1.12 bits per heavy atom. The smallest absolute Gasteiger partial charge is 0.306 e. The summed E-state index contributed by atoms with van der Waals surface area (Å²) in [6, 6.07) is 7.54. The van der Waals surface area contributed by atoms with Gasteiger partial charge in [0.05, 0.1) is 24.0 Å². The number of carbonyl (C=O) groups excluding carboxylic acids is 4. The molecule has 4 heterocycles. The summed E-state index contributed by atoms with van der Waals surface area (Å²) in [6.07, 6.45) is 9.21. The SMILES string of the molecule is CCCC(C)N1C/C=C\CCC(=O)OC[C@H](c2ccccc2)NC(=O)[C@@H]2[C@H]3C(=O)N(CCCO)[C@H](C1=O)[C@]31C=C[C@H]2O1. The first-order valence-corrected chi connectivity index (χ1v) is 15.1. The third-order valence-electron chi connectivity index (χ3n) is 8.90. The van der Waals surface area contributed by atoms with Crippen molar-refractivity contribution in [2.75, 3.05) is 26.3 Å². The van der Waals surface area contributed by atoms with Gasteiger partial charge < -0.3 is 29.7 Å². The van der Waals surface area contributed by atoms with E-state index in [-0.39, 0.29) is 50.0 Å². The number of amides is 3. The molecule has 10 nitrogen and oxygen atoms in total. The van der Waals surface area contributed by atoms with Gasteiger partial charge in [0, 0.05) is 32.2 Å². The number of ether oxygens (including phenoxy) is 2. The molecular weight excluding hydrogens is 538 g/mol. The van der Waals surface area contributed by atoms with Crippen LogP contribution in [0.5, 0.6) is 0 Å². The van der Waals surface area contributed by atoms with Gasteiger partial charge in [-0.15, -0.1) is 0 Å². The number of esters is 1. The number of hydrogen-bond acceptors (Lipinski definition) is 7. The van der Waals surface area contributed by atoms with Crippen molar-refractivity contribution in [1.82, 2.24) is 15.1 Å². The first kappa shape index (κ1) is 30.0. The molecule has 5 bridgehead atoms. The van der Waals surface area contributed by atoms with Crippen molar-refractivity contribution in [1.29, 1.82) is 0 Å². The van der Waals surface area contributed by atoms with Gasteiger partial charge in [0.2, 0.25) is 17.7 Å². The van der Waals surface area contributed by atoms with Crippen molar-refractivity contribution in [3.05, 3.63) is 60.2 Å². The van der Waals surface area contributed by atoms with Gasteiger partial charge in [0.25, 0.3) is 0 Å². The first-order chi connectivity index (χ1) is 20.3. The number of hydrogen-bond donors (Lipinski definition) is 2. The number of allylic oxidation sites excluding steroid dienone is 1. The molecule has 4 aliphatic rings. The van der Waals surface area contributed by atoms with Crippen LogP contribution in [0.1, 0.15) is 57.6 Å². The number of fused-ring (bicyclic) bond motifs is 2. The standard InChI is InChI=1S/C32H41N3O7/c1-3-11-21(2)34-17-9-5-8-14-25(37)41-20-23(22-12-6-4-7-13-22)33-29(38)26-24-15-16-32(42-24)27(26)30(39)35(18-10-19-36)28(32)31(34)40/h4-7,9,12-13,15-16,21,23-24,26-28,36H,3,8,10-11,14,17-20H2,1-2H3,(H,33,38)/b9-5-/t21?,23-,24-,26+,27+,28-,32+/m1/s1.